The first-order chi connectivity index (χ1) is 8.83. The van der Waals surface area contributed by atoms with Crippen molar-refractivity contribution in [2.24, 2.45) is 0 Å². The van der Waals surface area contributed by atoms with Crippen molar-refractivity contribution >= 4 is 33.5 Å². The number of aryl methyl sites for hydroxylation is 1. The van der Waals surface area contributed by atoms with Gasteiger partial charge in [0.1, 0.15) is 5.58 Å². The Kier molecular flexibility index (Phi) is 3.02. The molecule has 3 rings (SSSR count). The lowest BCUT2D eigenvalue weighted by molar-refractivity contribution is 0.606. The third kappa shape index (κ3) is 1.71. The smallest absolute Gasteiger partial charge is 0.153 e. The van der Waals surface area contributed by atoms with E-state index in [0.29, 0.717) is 5.02 Å². The van der Waals surface area contributed by atoms with Crippen LogP contribution in [0.15, 0.2) is 33.5 Å². The Morgan fingerprint density at radius 3 is 2.61 bits per heavy atom. The van der Waals surface area contributed by atoms with Crippen LogP contribution < -0.4 is 5.32 Å². The van der Waals surface area contributed by atoms with Crippen molar-refractivity contribution in [1.29, 1.82) is 0 Å². The summed E-state index contributed by atoms with van der Waals surface area (Å²) in [5.74, 6) is 0. The van der Waals surface area contributed by atoms with Crippen LogP contribution in [0.5, 0.6) is 0 Å². The Labute approximate surface area is 110 Å². The van der Waals surface area contributed by atoms with Crippen LogP contribution in [0.25, 0.3) is 21.9 Å². The number of benzene rings is 1. The highest BCUT2D eigenvalue weighted by atomic mass is 35.5. The van der Waals surface area contributed by atoms with Gasteiger partial charge in [-0.15, -0.1) is 0 Å². The average molecular weight is 264 g/mol. The van der Waals surface area contributed by atoms with Crippen molar-refractivity contribution in [1.82, 2.24) is 5.32 Å². The predicted octanol–water partition coefficient (Wildman–Crippen LogP) is 3.98. The Morgan fingerprint density at radius 1 is 1.11 bits per heavy atom. The first-order valence-corrected chi connectivity index (χ1v) is 6.40. The van der Waals surface area contributed by atoms with E-state index in [9.17, 15) is 0 Å². The molecular weight excluding hydrogens is 250 g/mol. The largest absolute Gasteiger partial charge is 0.464 e. The van der Waals surface area contributed by atoms with Crippen LogP contribution in [0.1, 0.15) is 12.0 Å². The second kappa shape index (κ2) is 4.67. The van der Waals surface area contributed by atoms with Crippen LogP contribution in [0.4, 0.5) is 0 Å². The lowest BCUT2D eigenvalue weighted by Crippen LogP contribution is -2.08. The molecule has 94 valence electrons. The Bertz CT molecular complexity index is 632. The minimum Gasteiger partial charge on any atom is -0.464 e. The second-order valence-electron chi connectivity index (χ2n) is 4.33. The number of fused-ring (bicyclic) bond motifs is 2. The Morgan fingerprint density at radius 2 is 1.83 bits per heavy atom. The van der Waals surface area contributed by atoms with Crippen LogP contribution in [0, 0.1) is 0 Å². The molecule has 1 N–H and O–H groups in total. The third-order valence-corrected chi connectivity index (χ3v) is 3.59. The normalized spacial score (nSPS) is 11.7. The number of furan rings is 2. The van der Waals surface area contributed by atoms with E-state index in [0.717, 1.165) is 41.3 Å². The number of hydrogen-bond acceptors (Lipinski definition) is 3. The zero-order valence-electron chi connectivity index (χ0n) is 10.1. The maximum absolute atomic E-state index is 6.32. The van der Waals surface area contributed by atoms with Gasteiger partial charge in [0, 0.05) is 16.3 Å². The van der Waals surface area contributed by atoms with E-state index in [-0.39, 0.29) is 0 Å². The fourth-order valence-electron chi connectivity index (χ4n) is 2.37. The van der Waals surface area contributed by atoms with E-state index in [1.807, 2.05) is 19.2 Å². The molecule has 0 radical (unpaired) electrons. The van der Waals surface area contributed by atoms with Crippen LogP contribution >= 0.6 is 11.6 Å². The van der Waals surface area contributed by atoms with Crippen LogP contribution in [0.3, 0.4) is 0 Å². The molecule has 0 aliphatic carbocycles. The summed E-state index contributed by atoms with van der Waals surface area (Å²) >= 11 is 6.32. The van der Waals surface area contributed by atoms with Gasteiger partial charge in [-0.25, -0.2) is 0 Å². The molecule has 2 heterocycles. The molecule has 18 heavy (non-hydrogen) atoms. The van der Waals surface area contributed by atoms with Gasteiger partial charge in [0.05, 0.1) is 17.5 Å². The maximum Gasteiger partial charge on any atom is 0.153 e. The lowest BCUT2D eigenvalue weighted by atomic mass is 10.0. The average Bonchev–Trinajstić information content (AvgIpc) is 3.02. The highest BCUT2D eigenvalue weighted by Gasteiger charge is 2.16. The van der Waals surface area contributed by atoms with Crippen LogP contribution in [-0.2, 0) is 6.42 Å². The first-order valence-electron chi connectivity index (χ1n) is 6.02. The van der Waals surface area contributed by atoms with E-state index >= 15 is 0 Å². The van der Waals surface area contributed by atoms with Crippen molar-refractivity contribution in [2.45, 2.75) is 12.8 Å². The molecule has 0 saturated carbocycles. The third-order valence-electron chi connectivity index (χ3n) is 3.22. The van der Waals surface area contributed by atoms with E-state index in [2.05, 4.69) is 5.32 Å². The SMILES string of the molecule is CNCCCc1c2ccoc2c(Cl)c2ccoc12. The molecule has 0 aliphatic heterocycles. The summed E-state index contributed by atoms with van der Waals surface area (Å²) in [6.45, 7) is 0.976. The molecule has 0 amide bonds. The molecule has 3 aromatic rings. The monoisotopic (exact) mass is 263 g/mol. The van der Waals surface area contributed by atoms with Crippen molar-refractivity contribution in [3.8, 4) is 0 Å². The van der Waals surface area contributed by atoms with Gasteiger partial charge in [0.25, 0.3) is 0 Å². The number of hydrogen-bond donors (Lipinski definition) is 1. The molecule has 0 unspecified atom stereocenters. The maximum atomic E-state index is 6.32. The quantitative estimate of drug-likeness (QED) is 0.724. The summed E-state index contributed by atoms with van der Waals surface area (Å²) in [5, 5.41) is 5.77. The molecule has 0 saturated heterocycles. The van der Waals surface area contributed by atoms with Gasteiger partial charge in [-0.05, 0) is 38.6 Å². The molecule has 1 aromatic carbocycles. The fraction of sp³-hybridized carbons (Fsp3) is 0.286. The number of halogens is 1. The summed E-state index contributed by atoms with van der Waals surface area (Å²) in [6.07, 6.45) is 5.35. The summed E-state index contributed by atoms with van der Waals surface area (Å²) in [4.78, 5) is 0. The van der Waals surface area contributed by atoms with E-state index in [1.54, 1.807) is 12.5 Å². The second-order valence-corrected chi connectivity index (χ2v) is 4.70. The minimum absolute atomic E-state index is 0.635. The number of nitrogens with one attached hydrogen (secondary N) is 1. The zero-order valence-corrected chi connectivity index (χ0v) is 10.9. The van der Waals surface area contributed by atoms with Gasteiger partial charge in [0.15, 0.2) is 5.58 Å². The highest BCUT2D eigenvalue weighted by Crippen LogP contribution is 2.37. The summed E-state index contributed by atoms with van der Waals surface area (Å²) < 4.78 is 11.1. The predicted molar refractivity (Wildman–Crippen MR) is 73.2 cm³/mol. The van der Waals surface area contributed by atoms with Crippen molar-refractivity contribution in [3.05, 3.63) is 35.2 Å². The van der Waals surface area contributed by atoms with E-state index in [4.69, 9.17) is 20.4 Å². The summed E-state index contributed by atoms with van der Waals surface area (Å²) in [5.41, 5.74) is 2.81. The van der Waals surface area contributed by atoms with Crippen LogP contribution in [0.2, 0.25) is 5.02 Å². The van der Waals surface area contributed by atoms with Crippen molar-refractivity contribution < 1.29 is 8.83 Å². The molecule has 2 aromatic heterocycles. The van der Waals surface area contributed by atoms with E-state index in [1.165, 1.54) is 5.56 Å². The minimum atomic E-state index is 0.635. The topological polar surface area (TPSA) is 38.3 Å². The van der Waals surface area contributed by atoms with Crippen molar-refractivity contribution in [3.63, 3.8) is 0 Å². The van der Waals surface area contributed by atoms with Gasteiger partial charge in [-0.3, -0.25) is 0 Å². The van der Waals surface area contributed by atoms with Gasteiger partial charge < -0.3 is 14.2 Å². The zero-order chi connectivity index (χ0) is 12.5. The lowest BCUT2D eigenvalue weighted by Gasteiger charge is -2.06. The van der Waals surface area contributed by atoms with Gasteiger partial charge in [0.2, 0.25) is 0 Å². The fourth-order valence-corrected chi connectivity index (χ4v) is 2.66. The molecule has 0 aliphatic rings. The van der Waals surface area contributed by atoms with Gasteiger partial charge in [-0.1, -0.05) is 11.6 Å². The Balaban J connectivity index is 2.20. The first kappa shape index (κ1) is 11.6. The molecule has 0 bridgehead atoms. The standard InChI is InChI=1S/C14H14ClNO2/c1-16-6-2-3-9-10-4-7-18-14(10)12(15)11-5-8-17-13(9)11/h4-5,7-8,16H,2-3,6H2,1H3. The molecule has 4 heteroatoms. The molecule has 3 nitrogen and oxygen atoms in total. The summed E-state index contributed by atoms with van der Waals surface area (Å²) in [6, 6.07) is 3.85. The Hall–Kier alpha value is -1.45. The van der Waals surface area contributed by atoms with Crippen LogP contribution in [-0.4, -0.2) is 13.6 Å². The molecule has 0 spiro atoms. The van der Waals surface area contributed by atoms with E-state index < -0.39 is 0 Å². The molecule has 0 atom stereocenters. The van der Waals surface area contributed by atoms with Gasteiger partial charge >= 0.3 is 0 Å². The highest BCUT2D eigenvalue weighted by molar-refractivity contribution is 6.40. The molecular formula is C14H14ClNO2. The van der Waals surface area contributed by atoms with Gasteiger partial charge in [-0.2, -0.15) is 0 Å². The van der Waals surface area contributed by atoms with Crippen molar-refractivity contribution in [2.75, 3.05) is 13.6 Å². The molecule has 0 fully saturated rings. The number of rotatable bonds is 4. The summed E-state index contributed by atoms with van der Waals surface area (Å²) in [7, 11) is 1.96.